The van der Waals surface area contributed by atoms with Gasteiger partial charge in [0.1, 0.15) is 33.5 Å². The molecule has 0 fully saturated rings. The zero-order valence-corrected chi connectivity index (χ0v) is 28.6. The molecule has 2 N–H and O–H groups in total. The number of carboxylic acids is 1. The minimum Gasteiger partial charge on any atom is -0.491 e. The van der Waals surface area contributed by atoms with Crippen LogP contribution >= 0.6 is 0 Å². The second-order valence-corrected chi connectivity index (χ2v) is 14.1. The van der Waals surface area contributed by atoms with Crippen LogP contribution in [-0.4, -0.2) is 70.5 Å². The van der Waals surface area contributed by atoms with Crippen LogP contribution in [0.5, 0.6) is 11.5 Å². The molecule has 2 heterocycles. The van der Waals surface area contributed by atoms with E-state index in [1.807, 2.05) is 51.1 Å². The first-order chi connectivity index (χ1) is 23.0. The molecular formula is C35H43N5O7S. The average molecular weight is 678 g/mol. The number of fused-ring (bicyclic) bond motifs is 2. The molecule has 48 heavy (non-hydrogen) atoms. The summed E-state index contributed by atoms with van der Waals surface area (Å²) in [6.07, 6.45) is 2.37. The first kappa shape index (κ1) is 34.8. The van der Waals surface area contributed by atoms with Crippen LogP contribution in [-0.2, 0) is 33.2 Å². The van der Waals surface area contributed by atoms with Gasteiger partial charge in [0.05, 0.1) is 19.6 Å². The summed E-state index contributed by atoms with van der Waals surface area (Å²) in [5, 5.41) is 21.4. The fraction of sp³-hybridized carbons (Fsp3) is 0.429. The fourth-order valence-electron chi connectivity index (χ4n) is 5.98. The lowest BCUT2D eigenvalue weighted by molar-refractivity contribution is -0.137. The van der Waals surface area contributed by atoms with E-state index in [0.29, 0.717) is 47.7 Å². The number of benzene rings is 3. The smallest absolute Gasteiger partial charge is 0.304 e. The summed E-state index contributed by atoms with van der Waals surface area (Å²) < 4.78 is 42.8. The molecule has 0 unspecified atom stereocenters. The largest absolute Gasteiger partial charge is 0.491 e. The number of aryl methyl sites for hydroxylation is 2. The molecule has 0 radical (unpaired) electrons. The Balaban J connectivity index is 1.42. The molecule has 13 heteroatoms. The van der Waals surface area contributed by atoms with Crippen LogP contribution in [0.15, 0.2) is 59.5 Å². The number of hydrogen-bond donors (Lipinski definition) is 2. The summed E-state index contributed by atoms with van der Waals surface area (Å²) in [5.41, 5.74) is 4.38. The third kappa shape index (κ3) is 7.96. The van der Waals surface area contributed by atoms with Crippen molar-refractivity contribution in [2.24, 2.45) is 7.05 Å². The number of aliphatic carboxylic acids is 1. The van der Waals surface area contributed by atoms with Crippen molar-refractivity contribution in [2.75, 3.05) is 19.7 Å². The van der Waals surface area contributed by atoms with Crippen LogP contribution in [0.25, 0.3) is 11.0 Å². The van der Waals surface area contributed by atoms with Crippen molar-refractivity contribution in [1.82, 2.24) is 24.6 Å². The van der Waals surface area contributed by atoms with Gasteiger partial charge in [-0.25, -0.2) is 13.1 Å². The van der Waals surface area contributed by atoms with E-state index in [0.717, 1.165) is 36.0 Å². The van der Waals surface area contributed by atoms with Gasteiger partial charge in [-0.15, -0.1) is 5.10 Å². The highest BCUT2D eigenvalue weighted by Gasteiger charge is 2.33. The van der Waals surface area contributed by atoms with Gasteiger partial charge in [0.2, 0.25) is 15.9 Å². The van der Waals surface area contributed by atoms with E-state index in [9.17, 15) is 23.1 Å². The van der Waals surface area contributed by atoms with Crippen molar-refractivity contribution in [1.29, 1.82) is 0 Å². The van der Waals surface area contributed by atoms with Crippen molar-refractivity contribution < 1.29 is 32.6 Å². The Hall–Kier alpha value is -4.49. The van der Waals surface area contributed by atoms with Gasteiger partial charge >= 0.3 is 5.97 Å². The van der Waals surface area contributed by atoms with Crippen molar-refractivity contribution in [3.8, 4) is 11.5 Å². The standard InChI is InChI=1S/C35H43N5O7S/c1-5-33(41)36-15-9-6-10-16-46-31-19-26(18-29-35(31)39(4)38-37-29)28(20-34(42)43)25-14-13-23(2)27(17-25)22-40-21-24(3)47-30-11-7-8-12-32(30)48(40,44)45/h7-8,11-14,17-19,24,28H,5-6,9-10,15-16,20-22H2,1-4H3,(H,36,41)(H,42,43)/t24-,28+/m1/s1. The molecule has 0 spiro atoms. The van der Waals surface area contributed by atoms with Crippen LogP contribution in [0.3, 0.4) is 0 Å². The van der Waals surface area contributed by atoms with Crippen LogP contribution in [0.4, 0.5) is 0 Å². The van der Waals surface area contributed by atoms with Crippen LogP contribution < -0.4 is 14.8 Å². The number of ether oxygens (including phenoxy) is 2. The van der Waals surface area contributed by atoms with Gasteiger partial charge in [0.25, 0.3) is 0 Å². The second-order valence-electron chi connectivity index (χ2n) is 12.2. The number of sulfonamides is 1. The van der Waals surface area contributed by atoms with E-state index in [2.05, 4.69) is 15.6 Å². The molecule has 1 aromatic heterocycles. The lowest BCUT2D eigenvalue weighted by atomic mass is 9.86. The van der Waals surface area contributed by atoms with Gasteiger partial charge < -0.3 is 19.9 Å². The fourth-order valence-corrected chi connectivity index (χ4v) is 7.60. The predicted octanol–water partition coefficient (Wildman–Crippen LogP) is 4.93. The van der Waals surface area contributed by atoms with Gasteiger partial charge in [-0.1, -0.05) is 42.5 Å². The topological polar surface area (TPSA) is 153 Å². The summed E-state index contributed by atoms with van der Waals surface area (Å²) in [7, 11) is -2.08. The molecule has 4 aromatic rings. The SMILES string of the molecule is CCC(=O)NCCCCCOc1cc([C@@H](CC(=O)O)c2ccc(C)c(CN3C[C@@H](C)Oc4ccccc4S3(=O)=O)c2)cc2nnn(C)c12. The highest BCUT2D eigenvalue weighted by molar-refractivity contribution is 7.89. The number of rotatable bonds is 14. The first-order valence-corrected chi connectivity index (χ1v) is 17.7. The minimum absolute atomic E-state index is 0.0349. The van der Waals surface area contributed by atoms with Crippen LogP contribution in [0, 0.1) is 6.92 Å². The number of aromatic nitrogens is 3. The van der Waals surface area contributed by atoms with Gasteiger partial charge in [0, 0.05) is 32.5 Å². The number of carbonyl (C=O) groups is 2. The normalized spacial score (nSPS) is 16.5. The molecule has 256 valence electrons. The lowest BCUT2D eigenvalue weighted by Crippen LogP contribution is -2.35. The number of para-hydroxylation sites is 1. The van der Waals surface area contributed by atoms with Gasteiger partial charge in [-0.3, -0.25) is 9.59 Å². The van der Waals surface area contributed by atoms with Crippen LogP contribution in [0.2, 0.25) is 0 Å². The molecule has 2 atom stereocenters. The summed E-state index contributed by atoms with van der Waals surface area (Å²) in [6, 6.07) is 16.0. The number of unbranched alkanes of at least 4 members (excludes halogenated alkanes) is 2. The second kappa shape index (κ2) is 15.2. The number of carboxylic acid groups (broad SMARTS) is 1. The van der Waals surface area contributed by atoms with Gasteiger partial charge in [-0.05, 0) is 79.6 Å². The van der Waals surface area contributed by atoms with Gasteiger partial charge in [-0.2, -0.15) is 4.31 Å². The molecule has 12 nitrogen and oxygen atoms in total. The maximum Gasteiger partial charge on any atom is 0.304 e. The third-order valence-electron chi connectivity index (χ3n) is 8.57. The molecule has 1 amide bonds. The molecule has 3 aromatic carbocycles. The third-order valence-corrected chi connectivity index (χ3v) is 10.4. The molecule has 0 saturated heterocycles. The van der Waals surface area contributed by atoms with E-state index in [4.69, 9.17) is 9.47 Å². The Kier molecular flexibility index (Phi) is 11.0. The highest BCUT2D eigenvalue weighted by atomic mass is 32.2. The minimum atomic E-state index is -3.86. The Morgan fingerprint density at radius 2 is 1.90 bits per heavy atom. The van der Waals surface area contributed by atoms with Crippen molar-refractivity contribution >= 4 is 32.9 Å². The summed E-state index contributed by atoms with van der Waals surface area (Å²) >= 11 is 0. The Bertz CT molecular complexity index is 1890. The molecule has 1 aliphatic heterocycles. The molecule has 0 bridgehead atoms. The predicted molar refractivity (Wildman–Crippen MR) is 181 cm³/mol. The lowest BCUT2D eigenvalue weighted by Gasteiger charge is -2.24. The van der Waals surface area contributed by atoms with E-state index in [-0.39, 0.29) is 36.4 Å². The number of nitrogens with zero attached hydrogens (tertiary/aromatic N) is 4. The number of carbonyl (C=O) groups excluding carboxylic acids is 1. The Morgan fingerprint density at radius 3 is 2.67 bits per heavy atom. The molecular weight excluding hydrogens is 634 g/mol. The zero-order chi connectivity index (χ0) is 34.4. The van der Waals surface area contributed by atoms with Crippen LogP contribution in [0.1, 0.15) is 74.1 Å². The number of nitrogens with one attached hydrogen (secondary N) is 1. The van der Waals surface area contributed by atoms with E-state index >= 15 is 0 Å². The van der Waals surface area contributed by atoms with Crippen molar-refractivity contribution in [3.63, 3.8) is 0 Å². The number of hydrogen-bond acceptors (Lipinski definition) is 8. The summed E-state index contributed by atoms with van der Waals surface area (Å²) in [6.45, 7) is 6.89. The number of amides is 1. The van der Waals surface area contributed by atoms with Gasteiger partial charge in [0.15, 0.2) is 0 Å². The molecule has 0 aliphatic carbocycles. The highest BCUT2D eigenvalue weighted by Crippen LogP contribution is 2.37. The Labute approximate surface area is 281 Å². The van der Waals surface area contributed by atoms with E-state index < -0.39 is 21.9 Å². The molecule has 0 saturated carbocycles. The maximum absolute atomic E-state index is 13.8. The quantitative estimate of drug-likeness (QED) is 0.177. The monoisotopic (exact) mass is 677 g/mol. The average Bonchev–Trinajstić information content (AvgIpc) is 3.39. The van der Waals surface area contributed by atoms with Crippen molar-refractivity contribution in [2.45, 2.75) is 76.3 Å². The van der Waals surface area contributed by atoms with E-state index in [1.54, 1.807) is 36.0 Å². The zero-order valence-electron chi connectivity index (χ0n) is 27.8. The first-order valence-electron chi connectivity index (χ1n) is 16.3. The summed E-state index contributed by atoms with van der Waals surface area (Å²) in [5.74, 6) is -0.622. The molecule has 1 aliphatic rings. The van der Waals surface area contributed by atoms with Crippen molar-refractivity contribution in [3.05, 3.63) is 76.9 Å². The Morgan fingerprint density at radius 1 is 1.10 bits per heavy atom. The van der Waals surface area contributed by atoms with E-state index in [1.165, 1.54) is 4.31 Å². The maximum atomic E-state index is 13.8. The molecule has 5 rings (SSSR count). The summed E-state index contributed by atoms with van der Waals surface area (Å²) in [4.78, 5) is 23.8.